The normalized spacial score (nSPS) is 16.0. The summed E-state index contributed by atoms with van der Waals surface area (Å²) in [4.78, 5) is 0. The van der Waals surface area contributed by atoms with Crippen molar-refractivity contribution >= 4 is 11.8 Å². The lowest BCUT2D eigenvalue weighted by Gasteiger charge is -2.27. The molecule has 1 unspecified atom stereocenters. The van der Waals surface area contributed by atoms with Gasteiger partial charge in [0.15, 0.2) is 0 Å². The number of thioether (sulfide) groups is 1. The molecule has 0 aromatic heterocycles. The van der Waals surface area contributed by atoms with Crippen LogP contribution < -0.4 is 5.73 Å². The largest absolute Gasteiger partial charge is 0.396 e. The molecular weight excluding hydrogens is 174 g/mol. The molecule has 4 heteroatoms. The van der Waals surface area contributed by atoms with Gasteiger partial charge in [-0.15, -0.1) is 0 Å². The highest BCUT2D eigenvalue weighted by molar-refractivity contribution is 7.98. The number of aliphatic hydroxyl groups is 1. The number of ether oxygens (including phenoxy) is 1. The summed E-state index contributed by atoms with van der Waals surface area (Å²) < 4.78 is 5.55. The molecule has 0 saturated heterocycles. The molecule has 0 aromatic carbocycles. The summed E-state index contributed by atoms with van der Waals surface area (Å²) in [6, 6.07) is 0. The third-order valence-electron chi connectivity index (χ3n) is 1.63. The van der Waals surface area contributed by atoms with Gasteiger partial charge in [-0.1, -0.05) is 0 Å². The van der Waals surface area contributed by atoms with E-state index in [9.17, 15) is 0 Å². The van der Waals surface area contributed by atoms with Crippen LogP contribution in [0, 0.1) is 0 Å². The van der Waals surface area contributed by atoms with Gasteiger partial charge in [-0.05, 0) is 19.6 Å². The van der Waals surface area contributed by atoms with E-state index in [1.807, 2.05) is 13.2 Å². The van der Waals surface area contributed by atoms with E-state index in [0.717, 1.165) is 5.75 Å². The standard InChI is InChI=1S/C8H19NO2S/c1-8(6-9,7-12-2)11-5-3-4-10/h10H,3-7,9H2,1-2H3. The van der Waals surface area contributed by atoms with Crippen molar-refractivity contribution in [3.8, 4) is 0 Å². The lowest BCUT2D eigenvalue weighted by Crippen LogP contribution is -2.40. The first-order valence-corrected chi connectivity index (χ1v) is 5.52. The molecular formula is C8H19NO2S. The van der Waals surface area contributed by atoms with E-state index in [-0.39, 0.29) is 12.2 Å². The summed E-state index contributed by atoms with van der Waals surface area (Å²) in [5, 5.41) is 8.55. The molecule has 0 aliphatic rings. The predicted octanol–water partition coefficient (Wildman–Crippen LogP) is 0.466. The fraction of sp³-hybridized carbons (Fsp3) is 1.00. The van der Waals surface area contributed by atoms with Gasteiger partial charge in [0.2, 0.25) is 0 Å². The highest BCUT2D eigenvalue weighted by atomic mass is 32.2. The van der Waals surface area contributed by atoms with Crippen molar-refractivity contribution < 1.29 is 9.84 Å². The van der Waals surface area contributed by atoms with Crippen molar-refractivity contribution in [2.24, 2.45) is 5.73 Å². The van der Waals surface area contributed by atoms with Crippen molar-refractivity contribution in [3.63, 3.8) is 0 Å². The zero-order chi connectivity index (χ0) is 9.45. The van der Waals surface area contributed by atoms with Crippen LogP contribution in [0.5, 0.6) is 0 Å². The third kappa shape index (κ3) is 4.98. The smallest absolute Gasteiger partial charge is 0.0865 e. The van der Waals surface area contributed by atoms with E-state index in [1.54, 1.807) is 11.8 Å². The van der Waals surface area contributed by atoms with Gasteiger partial charge in [0.25, 0.3) is 0 Å². The van der Waals surface area contributed by atoms with Crippen LogP contribution in [0.4, 0.5) is 0 Å². The summed E-state index contributed by atoms with van der Waals surface area (Å²) in [5.41, 5.74) is 5.35. The first-order valence-electron chi connectivity index (χ1n) is 4.12. The van der Waals surface area contributed by atoms with E-state index < -0.39 is 0 Å². The fourth-order valence-electron chi connectivity index (χ4n) is 0.848. The molecule has 0 aliphatic heterocycles. The molecule has 0 saturated carbocycles. The van der Waals surface area contributed by atoms with Crippen molar-refractivity contribution in [2.75, 3.05) is 31.8 Å². The van der Waals surface area contributed by atoms with Gasteiger partial charge in [0.1, 0.15) is 0 Å². The Morgan fingerprint density at radius 2 is 2.25 bits per heavy atom. The Labute approximate surface area is 78.7 Å². The molecule has 0 aromatic rings. The lowest BCUT2D eigenvalue weighted by molar-refractivity contribution is -0.0121. The minimum absolute atomic E-state index is 0.180. The molecule has 0 spiro atoms. The Hall–Kier alpha value is 0.230. The van der Waals surface area contributed by atoms with Crippen molar-refractivity contribution in [3.05, 3.63) is 0 Å². The lowest BCUT2D eigenvalue weighted by atomic mass is 10.1. The molecule has 12 heavy (non-hydrogen) atoms. The summed E-state index contributed by atoms with van der Waals surface area (Å²) >= 11 is 1.72. The summed E-state index contributed by atoms with van der Waals surface area (Å²) in [6.45, 7) is 3.30. The quantitative estimate of drug-likeness (QED) is 0.577. The zero-order valence-corrected chi connectivity index (χ0v) is 8.69. The van der Waals surface area contributed by atoms with Gasteiger partial charge < -0.3 is 15.6 Å². The van der Waals surface area contributed by atoms with Crippen LogP contribution in [0.2, 0.25) is 0 Å². The molecule has 1 atom stereocenters. The van der Waals surface area contributed by atoms with Gasteiger partial charge in [-0.25, -0.2) is 0 Å². The van der Waals surface area contributed by atoms with Crippen molar-refractivity contribution in [1.29, 1.82) is 0 Å². The van der Waals surface area contributed by atoms with Crippen molar-refractivity contribution in [1.82, 2.24) is 0 Å². The first kappa shape index (κ1) is 12.2. The van der Waals surface area contributed by atoms with E-state index in [1.165, 1.54) is 0 Å². The maximum absolute atomic E-state index is 8.55. The molecule has 0 aliphatic carbocycles. The van der Waals surface area contributed by atoms with Crippen molar-refractivity contribution in [2.45, 2.75) is 18.9 Å². The Morgan fingerprint density at radius 1 is 1.58 bits per heavy atom. The number of hydrogen-bond acceptors (Lipinski definition) is 4. The summed E-state index contributed by atoms with van der Waals surface area (Å²) in [6.07, 6.45) is 2.72. The number of rotatable bonds is 7. The number of nitrogens with two attached hydrogens (primary N) is 1. The second-order valence-electron chi connectivity index (χ2n) is 3.01. The van der Waals surface area contributed by atoms with Crippen LogP contribution in [0.15, 0.2) is 0 Å². The van der Waals surface area contributed by atoms with Gasteiger partial charge in [-0.2, -0.15) is 11.8 Å². The topological polar surface area (TPSA) is 55.5 Å². The minimum atomic E-state index is -0.228. The molecule has 0 amide bonds. The summed E-state index contributed by atoms with van der Waals surface area (Å²) in [5.74, 6) is 0.898. The minimum Gasteiger partial charge on any atom is -0.396 e. The van der Waals surface area contributed by atoms with E-state index in [4.69, 9.17) is 15.6 Å². The predicted molar refractivity (Wildman–Crippen MR) is 53.5 cm³/mol. The Morgan fingerprint density at radius 3 is 2.67 bits per heavy atom. The maximum atomic E-state index is 8.55. The average Bonchev–Trinajstić information content (AvgIpc) is 2.06. The molecule has 0 rings (SSSR count). The van der Waals surface area contributed by atoms with Crippen LogP contribution >= 0.6 is 11.8 Å². The van der Waals surface area contributed by atoms with E-state index in [0.29, 0.717) is 19.6 Å². The van der Waals surface area contributed by atoms with Gasteiger partial charge in [0.05, 0.1) is 5.60 Å². The van der Waals surface area contributed by atoms with Gasteiger partial charge in [-0.3, -0.25) is 0 Å². The van der Waals surface area contributed by atoms with Crippen LogP contribution in [0.1, 0.15) is 13.3 Å². The number of aliphatic hydroxyl groups excluding tert-OH is 1. The third-order valence-corrected chi connectivity index (χ3v) is 2.53. The highest BCUT2D eigenvalue weighted by Gasteiger charge is 2.21. The molecule has 0 bridgehead atoms. The van der Waals surface area contributed by atoms with Crippen LogP contribution in [0.25, 0.3) is 0 Å². The van der Waals surface area contributed by atoms with Crippen LogP contribution in [-0.4, -0.2) is 42.5 Å². The van der Waals surface area contributed by atoms with Gasteiger partial charge in [0, 0.05) is 25.5 Å². The number of hydrogen-bond donors (Lipinski definition) is 2. The fourth-order valence-corrected chi connectivity index (χ4v) is 1.66. The maximum Gasteiger partial charge on any atom is 0.0865 e. The molecule has 74 valence electrons. The Balaban J connectivity index is 3.63. The molecule has 0 heterocycles. The Bertz CT molecular complexity index is 113. The van der Waals surface area contributed by atoms with E-state index >= 15 is 0 Å². The second kappa shape index (κ2) is 6.71. The average molecular weight is 193 g/mol. The van der Waals surface area contributed by atoms with Crippen LogP contribution in [0.3, 0.4) is 0 Å². The van der Waals surface area contributed by atoms with Crippen LogP contribution in [-0.2, 0) is 4.74 Å². The SMILES string of the molecule is CSCC(C)(CN)OCCCO. The molecule has 3 nitrogen and oxygen atoms in total. The highest BCUT2D eigenvalue weighted by Crippen LogP contribution is 2.14. The molecule has 0 fully saturated rings. The Kier molecular flexibility index (Phi) is 6.84. The molecule has 3 N–H and O–H groups in total. The summed E-state index contributed by atoms with van der Waals surface area (Å²) in [7, 11) is 0. The van der Waals surface area contributed by atoms with Gasteiger partial charge >= 0.3 is 0 Å². The van der Waals surface area contributed by atoms with E-state index in [2.05, 4.69) is 0 Å². The monoisotopic (exact) mass is 193 g/mol. The second-order valence-corrected chi connectivity index (χ2v) is 3.88. The first-order chi connectivity index (χ1) is 5.68. The molecule has 0 radical (unpaired) electrons. The zero-order valence-electron chi connectivity index (χ0n) is 7.88.